The Morgan fingerprint density at radius 3 is 2.65 bits per heavy atom. The van der Waals surface area contributed by atoms with Gasteiger partial charge in [0.1, 0.15) is 5.75 Å². The summed E-state index contributed by atoms with van der Waals surface area (Å²) in [5.41, 5.74) is 4.85. The second kappa shape index (κ2) is 7.83. The number of fused-ring (bicyclic) bond motifs is 2. The number of methoxy groups -OCH3 is 1. The van der Waals surface area contributed by atoms with Crippen LogP contribution in [0.25, 0.3) is 11.1 Å². The van der Waals surface area contributed by atoms with Gasteiger partial charge in [-0.3, -0.25) is 9.59 Å². The molecule has 0 bridgehead atoms. The van der Waals surface area contributed by atoms with Gasteiger partial charge in [-0.15, -0.1) is 0 Å². The number of hydrogen-bond acceptors (Lipinski definition) is 6. The lowest BCUT2D eigenvalue weighted by atomic mass is 9.97. The molecule has 0 unspecified atom stereocenters. The van der Waals surface area contributed by atoms with Crippen molar-refractivity contribution in [3.8, 4) is 16.9 Å². The Morgan fingerprint density at radius 1 is 1.09 bits per heavy atom. The quantitative estimate of drug-likeness (QED) is 0.651. The molecule has 2 aliphatic heterocycles. The fourth-order valence-electron chi connectivity index (χ4n) is 4.97. The van der Waals surface area contributed by atoms with Crippen LogP contribution in [-0.4, -0.2) is 60.0 Å². The van der Waals surface area contributed by atoms with Gasteiger partial charge in [0.15, 0.2) is 0 Å². The van der Waals surface area contributed by atoms with Crippen LogP contribution < -0.4 is 15.0 Å². The Labute approximate surface area is 197 Å². The zero-order chi connectivity index (χ0) is 23.3. The van der Waals surface area contributed by atoms with Gasteiger partial charge in [-0.1, -0.05) is 18.2 Å². The lowest BCUT2D eigenvalue weighted by molar-refractivity contribution is -0.123. The van der Waals surface area contributed by atoms with Crippen molar-refractivity contribution in [3.63, 3.8) is 0 Å². The van der Waals surface area contributed by atoms with Crippen molar-refractivity contribution in [1.29, 1.82) is 0 Å². The highest BCUT2D eigenvalue weighted by molar-refractivity contribution is 5.98. The number of nitrogens with zero attached hydrogens (tertiary/aromatic N) is 4. The summed E-state index contributed by atoms with van der Waals surface area (Å²) in [5.74, 6) is 1.17. The normalized spacial score (nSPS) is 18.0. The van der Waals surface area contributed by atoms with E-state index in [0.717, 1.165) is 42.0 Å². The number of nitrogens with one attached hydrogen (secondary N) is 1. The first-order valence-electron chi connectivity index (χ1n) is 11.5. The number of ether oxygens (including phenoxy) is 1. The number of benzene rings is 2. The van der Waals surface area contributed by atoms with E-state index in [1.165, 1.54) is 5.56 Å². The molecule has 1 saturated carbocycles. The summed E-state index contributed by atoms with van der Waals surface area (Å²) in [6, 6.07) is 13.7. The highest BCUT2D eigenvalue weighted by Crippen LogP contribution is 2.57. The third-order valence-corrected chi connectivity index (χ3v) is 7.03. The van der Waals surface area contributed by atoms with E-state index in [2.05, 4.69) is 26.3 Å². The van der Waals surface area contributed by atoms with Gasteiger partial charge in [0.2, 0.25) is 11.9 Å². The Bertz CT molecular complexity index is 1290. The SMILES string of the molecule is COc1cccc(-c2cnc(N3CC4(CC4)c4ccc(C(=O)N5CCNC(=O)C5)cc43)nc2)c1. The first-order chi connectivity index (χ1) is 16.6. The third kappa shape index (κ3) is 3.46. The third-order valence-electron chi connectivity index (χ3n) is 7.03. The van der Waals surface area contributed by atoms with Gasteiger partial charge in [-0.2, -0.15) is 0 Å². The van der Waals surface area contributed by atoms with Crippen molar-refractivity contribution < 1.29 is 14.3 Å². The van der Waals surface area contributed by atoms with Crippen molar-refractivity contribution in [2.75, 3.05) is 38.2 Å². The summed E-state index contributed by atoms with van der Waals surface area (Å²) in [6.07, 6.45) is 5.90. The predicted molar refractivity (Wildman–Crippen MR) is 127 cm³/mol. The zero-order valence-electron chi connectivity index (χ0n) is 19.0. The molecule has 1 aromatic heterocycles. The molecular weight excluding hydrogens is 430 g/mol. The van der Waals surface area contributed by atoms with Crippen molar-refractivity contribution in [3.05, 3.63) is 66.0 Å². The molecule has 0 atom stereocenters. The Hall–Kier alpha value is -3.94. The van der Waals surface area contributed by atoms with E-state index in [4.69, 9.17) is 4.74 Å². The van der Waals surface area contributed by atoms with Gasteiger partial charge in [-0.05, 0) is 48.2 Å². The van der Waals surface area contributed by atoms with Crippen LogP contribution in [0.1, 0.15) is 28.8 Å². The number of piperazine rings is 1. The first kappa shape index (κ1) is 20.7. The van der Waals surface area contributed by atoms with E-state index >= 15 is 0 Å². The zero-order valence-corrected chi connectivity index (χ0v) is 19.0. The van der Waals surface area contributed by atoms with Crippen molar-refractivity contribution in [2.24, 2.45) is 0 Å². The summed E-state index contributed by atoms with van der Waals surface area (Å²) in [7, 11) is 1.65. The number of carbonyl (C=O) groups is 2. The van der Waals surface area contributed by atoms with Crippen molar-refractivity contribution >= 4 is 23.5 Å². The molecule has 1 spiro atoms. The molecule has 2 aromatic carbocycles. The second-order valence-electron chi connectivity index (χ2n) is 9.18. The number of aromatic nitrogens is 2. The Morgan fingerprint density at radius 2 is 1.91 bits per heavy atom. The smallest absolute Gasteiger partial charge is 0.254 e. The minimum atomic E-state index is -0.122. The van der Waals surface area contributed by atoms with E-state index in [-0.39, 0.29) is 23.8 Å². The van der Waals surface area contributed by atoms with E-state index in [0.29, 0.717) is 24.6 Å². The van der Waals surface area contributed by atoms with Gasteiger partial charge >= 0.3 is 0 Å². The molecule has 3 heterocycles. The van der Waals surface area contributed by atoms with Crippen LogP contribution in [0, 0.1) is 0 Å². The van der Waals surface area contributed by atoms with Crippen molar-refractivity contribution in [2.45, 2.75) is 18.3 Å². The molecule has 2 fully saturated rings. The first-order valence-corrected chi connectivity index (χ1v) is 11.5. The molecule has 6 rings (SSSR count). The van der Waals surface area contributed by atoms with Crippen LogP contribution in [0.2, 0.25) is 0 Å². The second-order valence-corrected chi connectivity index (χ2v) is 9.18. The van der Waals surface area contributed by atoms with Gasteiger partial charge in [0.05, 0.1) is 13.7 Å². The predicted octanol–water partition coefficient (Wildman–Crippen LogP) is 2.91. The molecule has 8 nitrogen and oxygen atoms in total. The molecule has 3 aromatic rings. The van der Waals surface area contributed by atoms with Gasteiger partial charge < -0.3 is 19.9 Å². The van der Waals surface area contributed by atoms with Gasteiger partial charge in [0, 0.05) is 54.3 Å². The Kier molecular flexibility index (Phi) is 4.76. The van der Waals surface area contributed by atoms with Gasteiger partial charge in [0.25, 0.3) is 5.91 Å². The lowest BCUT2D eigenvalue weighted by Crippen LogP contribution is -2.49. The van der Waals surface area contributed by atoms with Crippen LogP contribution in [0.15, 0.2) is 54.9 Å². The number of anilines is 2. The largest absolute Gasteiger partial charge is 0.497 e. The summed E-state index contributed by atoms with van der Waals surface area (Å²) in [5, 5.41) is 2.77. The van der Waals surface area contributed by atoms with E-state index < -0.39 is 0 Å². The lowest BCUT2D eigenvalue weighted by Gasteiger charge is -2.27. The Balaban J connectivity index is 1.31. The van der Waals surface area contributed by atoms with Crippen LogP contribution in [0.4, 0.5) is 11.6 Å². The molecule has 172 valence electrons. The van der Waals surface area contributed by atoms with Crippen LogP contribution >= 0.6 is 0 Å². The molecule has 3 aliphatic rings. The van der Waals surface area contributed by atoms with E-state index in [1.807, 2.05) is 48.8 Å². The highest BCUT2D eigenvalue weighted by Gasteiger charge is 2.52. The molecule has 34 heavy (non-hydrogen) atoms. The molecule has 1 N–H and O–H groups in total. The van der Waals surface area contributed by atoms with E-state index in [1.54, 1.807) is 12.0 Å². The number of carbonyl (C=O) groups excluding carboxylic acids is 2. The average molecular weight is 456 g/mol. The minimum absolute atomic E-state index is 0.0956. The molecule has 1 aliphatic carbocycles. The minimum Gasteiger partial charge on any atom is -0.497 e. The fraction of sp³-hybridized carbons (Fsp3) is 0.308. The van der Waals surface area contributed by atoms with Crippen molar-refractivity contribution in [1.82, 2.24) is 20.2 Å². The average Bonchev–Trinajstić information content (AvgIpc) is 3.59. The summed E-state index contributed by atoms with van der Waals surface area (Å²) in [6.45, 7) is 1.91. The van der Waals surface area contributed by atoms with Crippen LogP contribution in [-0.2, 0) is 10.2 Å². The molecule has 1 saturated heterocycles. The molecule has 8 heteroatoms. The maximum Gasteiger partial charge on any atom is 0.254 e. The fourth-order valence-corrected chi connectivity index (χ4v) is 4.97. The van der Waals surface area contributed by atoms with Crippen LogP contribution in [0.5, 0.6) is 5.75 Å². The number of amides is 2. The number of rotatable bonds is 4. The monoisotopic (exact) mass is 455 g/mol. The van der Waals surface area contributed by atoms with Gasteiger partial charge in [-0.25, -0.2) is 9.97 Å². The maximum absolute atomic E-state index is 13.1. The molecule has 2 amide bonds. The van der Waals surface area contributed by atoms with E-state index in [9.17, 15) is 9.59 Å². The topological polar surface area (TPSA) is 87.7 Å². The maximum atomic E-state index is 13.1. The summed E-state index contributed by atoms with van der Waals surface area (Å²) >= 11 is 0. The highest BCUT2D eigenvalue weighted by atomic mass is 16.5. The van der Waals surface area contributed by atoms with Crippen LogP contribution in [0.3, 0.4) is 0 Å². The summed E-state index contributed by atoms with van der Waals surface area (Å²) < 4.78 is 5.33. The standard InChI is InChI=1S/C26H25N5O3/c1-34-20-4-2-3-17(11-20)19-13-28-25(29-14-19)31-16-26(7-8-26)21-6-5-18(12-22(21)31)24(33)30-10-9-27-23(32)15-30/h2-6,11-14H,7-10,15-16H2,1H3,(H,27,32). The molecule has 0 radical (unpaired) electrons. The number of hydrogen-bond donors (Lipinski definition) is 1. The summed E-state index contributed by atoms with van der Waals surface area (Å²) in [4.78, 5) is 38.0. The molecular formula is C26H25N5O3.